The van der Waals surface area contributed by atoms with Crippen LogP contribution in [0, 0.1) is 17.0 Å². The highest BCUT2D eigenvalue weighted by Crippen LogP contribution is 2.35. The predicted octanol–water partition coefficient (Wildman–Crippen LogP) is 4.12. The third-order valence-electron chi connectivity index (χ3n) is 5.00. The molecule has 1 N–H and O–H groups in total. The van der Waals surface area contributed by atoms with Gasteiger partial charge in [0.25, 0.3) is 11.6 Å². The largest absolute Gasteiger partial charge is 0.454 e. The molecule has 2 aromatic rings. The molecule has 9 nitrogen and oxygen atoms in total. The van der Waals surface area contributed by atoms with Gasteiger partial charge in [-0.1, -0.05) is 17.7 Å². The molecule has 0 saturated carbocycles. The molecule has 0 spiro atoms. The van der Waals surface area contributed by atoms with Gasteiger partial charge in [0.2, 0.25) is 0 Å². The highest BCUT2D eigenvalue weighted by molar-refractivity contribution is 6.33. The summed E-state index contributed by atoms with van der Waals surface area (Å²) >= 11 is 5.98. The number of hydrogen-bond donors (Lipinski definition) is 1. The van der Waals surface area contributed by atoms with E-state index in [0.29, 0.717) is 31.1 Å². The van der Waals surface area contributed by atoms with Crippen LogP contribution in [-0.2, 0) is 20.5 Å². The summed E-state index contributed by atoms with van der Waals surface area (Å²) in [6.45, 7) is 1.30. The monoisotopic (exact) mass is 486 g/mol. The summed E-state index contributed by atoms with van der Waals surface area (Å²) in [6.07, 6.45) is -3.10. The zero-order chi connectivity index (χ0) is 24.3. The van der Waals surface area contributed by atoms with Gasteiger partial charge in [-0.25, -0.2) is 9.78 Å². The van der Waals surface area contributed by atoms with Crippen LogP contribution in [0.4, 0.5) is 30.4 Å². The van der Waals surface area contributed by atoms with Crippen molar-refractivity contribution in [3.63, 3.8) is 0 Å². The van der Waals surface area contributed by atoms with Gasteiger partial charge in [-0.2, -0.15) is 13.2 Å². The summed E-state index contributed by atoms with van der Waals surface area (Å²) < 4.78 is 43.6. The Morgan fingerprint density at radius 2 is 2.09 bits per heavy atom. The lowest BCUT2D eigenvalue weighted by Crippen LogP contribution is -2.39. The van der Waals surface area contributed by atoms with E-state index < -0.39 is 41.2 Å². The van der Waals surface area contributed by atoms with Gasteiger partial charge < -0.3 is 15.0 Å². The topological polar surface area (TPSA) is 115 Å². The first-order valence-electron chi connectivity index (χ1n) is 9.68. The summed E-state index contributed by atoms with van der Waals surface area (Å²) in [7, 11) is 0. The third kappa shape index (κ3) is 5.69. The van der Waals surface area contributed by atoms with E-state index >= 15 is 0 Å². The number of nitro benzene ring substituents is 1. The van der Waals surface area contributed by atoms with Crippen molar-refractivity contribution in [1.29, 1.82) is 0 Å². The minimum absolute atomic E-state index is 0.0146. The normalized spacial score (nSPS) is 15.9. The molecule has 1 aromatic heterocycles. The second-order valence-corrected chi connectivity index (χ2v) is 7.70. The zero-order valence-corrected chi connectivity index (χ0v) is 17.9. The number of ether oxygens (including phenoxy) is 1. The molecule has 1 fully saturated rings. The molecule has 1 saturated heterocycles. The molecule has 0 radical (unpaired) electrons. The van der Waals surface area contributed by atoms with Crippen molar-refractivity contribution in [3.8, 4) is 0 Å². The average molecular weight is 487 g/mol. The number of amides is 1. The lowest BCUT2D eigenvalue weighted by molar-refractivity contribution is -0.384. The Morgan fingerprint density at radius 1 is 1.36 bits per heavy atom. The summed E-state index contributed by atoms with van der Waals surface area (Å²) in [6, 6.07) is 3.81. The fourth-order valence-corrected chi connectivity index (χ4v) is 3.61. The van der Waals surface area contributed by atoms with Crippen molar-refractivity contribution in [1.82, 2.24) is 4.98 Å². The third-order valence-corrected chi connectivity index (χ3v) is 5.28. The number of non-ortho nitro benzene ring substituents is 1. The van der Waals surface area contributed by atoms with Crippen LogP contribution in [0.1, 0.15) is 24.0 Å². The molecule has 176 valence electrons. The molecular formula is C20H18ClF3N4O5. The van der Waals surface area contributed by atoms with Crippen molar-refractivity contribution in [2.45, 2.75) is 32.0 Å². The number of hydrogen-bond acceptors (Lipinski definition) is 7. The van der Waals surface area contributed by atoms with Crippen molar-refractivity contribution < 1.29 is 32.4 Å². The number of alkyl halides is 3. The van der Waals surface area contributed by atoms with Gasteiger partial charge in [0.15, 0.2) is 6.61 Å². The molecule has 3 rings (SSSR count). The number of halogens is 4. The zero-order valence-electron chi connectivity index (χ0n) is 17.2. The minimum atomic E-state index is -4.61. The van der Waals surface area contributed by atoms with Crippen molar-refractivity contribution >= 4 is 40.7 Å². The SMILES string of the molecule is Cc1ccc([N+](=O)[O-])cc1NC(=O)COC(=O)[C@@H]1CCCN1c1ncc(C(F)(F)F)cc1Cl. The Balaban J connectivity index is 1.64. The van der Waals surface area contributed by atoms with Crippen LogP contribution in [0.2, 0.25) is 5.02 Å². The molecule has 1 aliphatic heterocycles. The minimum Gasteiger partial charge on any atom is -0.454 e. The van der Waals surface area contributed by atoms with Gasteiger partial charge in [0.1, 0.15) is 11.9 Å². The fourth-order valence-electron chi connectivity index (χ4n) is 3.34. The van der Waals surface area contributed by atoms with E-state index in [9.17, 15) is 32.9 Å². The number of aryl methyl sites for hydroxylation is 1. The maximum atomic E-state index is 12.8. The summed E-state index contributed by atoms with van der Waals surface area (Å²) in [5.74, 6) is -1.46. The fraction of sp³-hybridized carbons (Fsp3) is 0.350. The highest BCUT2D eigenvalue weighted by atomic mass is 35.5. The van der Waals surface area contributed by atoms with Gasteiger partial charge in [-0.15, -0.1) is 0 Å². The number of anilines is 2. The van der Waals surface area contributed by atoms with E-state index in [2.05, 4.69) is 10.3 Å². The predicted molar refractivity (Wildman–Crippen MR) is 112 cm³/mol. The smallest absolute Gasteiger partial charge is 0.417 e. The first-order chi connectivity index (χ1) is 15.5. The standard InChI is InChI=1S/C20H18ClF3N4O5/c1-11-4-5-13(28(31)32)8-15(11)26-17(29)10-33-19(30)16-3-2-6-27(16)18-14(21)7-12(9-25-18)20(22,23)24/h4-5,7-9,16H,2-3,6,10H2,1H3,(H,26,29)/t16-/m0/s1. The van der Waals surface area contributed by atoms with E-state index in [4.69, 9.17) is 16.3 Å². The van der Waals surface area contributed by atoms with Gasteiger partial charge in [-0.3, -0.25) is 14.9 Å². The first kappa shape index (κ1) is 24.2. The molecule has 1 aromatic carbocycles. The molecular weight excluding hydrogens is 469 g/mol. The molecule has 1 aliphatic rings. The Labute approximate surface area is 190 Å². The molecule has 1 amide bonds. The van der Waals surface area contributed by atoms with E-state index in [-0.39, 0.29) is 22.2 Å². The Bertz CT molecular complexity index is 1100. The quantitative estimate of drug-likeness (QED) is 0.371. The molecule has 13 heteroatoms. The van der Waals surface area contributed by atoms with E-state index in [1.54, 1.807) is 6.92 Å². The summed E-state index contributed by atoms with van der Waals surface area (Å²) in [5.41, 5.74) is -0.447. The summed E-state index contributed by atoms with van der Waals surface area (Å²) in [5, 5.41) is 13.1. The molecule has 0 unspecified atom stereocenters. The Morgan fingerprint density at radius 3 is 2.73 bits per heavy atom. The lowest BCUT2D eigenvalue weighted by Gasteiger charge is -2.25. The Hall–Kier alpha value is -3.41. The number of carbonyl (C=O) groups is 2. The van der Waals surface area contributed by atoms with Crippen LogP contribution in [0.25, 0.3) is 0 Å². The van der Waals surface area contributed by atoms with Crippen LogP contribution in [-0.4, -0.2) is 41.0 Å². The second kappa shape index (κ2) is 9.61. The molecule has 0 bridgehead atoms. The highest BCUT2D eigenvalue weighted by Gasteiger charge is 2.36. The lowest BCUT2D eigenvalue weighted by atomic mass is 10.2. The molecule has 2 heterocycles. The van der Waals surface area contributed by atoms with Crippen LogP contribution >= 0.6 is 11.6 Å². The number of carbonyl (C=O) groups excluding carboxylic acids is 2. The van der Waals surface area contributed by atoms with Crippen LogP contribution < -0.4 is 10.2 Å². The number of nitrogens with zero attached hydrogens (tertiary/aromatic N) is 3. The number of esters is 1. The summed E-state index contributed by atoms with van der Waals surface area (Å²) in [4.78, 5) is 40.2. The van der Waals surface area contributed by atoms with Gasteiger partial charge >= 0.3 is 12.1 Å². The van der Waals surface area contributed by atoms with E-state index in [0.717, 1.165) is 6.07 Å². The van der Waals surface area contributed by atoms with Crippen LogP contribution in [0.5, 0.6) is 0 Å². The number of rotatable bonds is 6. The average Bonchev–Trinajstić information content (AvgIpc) is 3.22. The molecule has 33 heavy (non-hydrogen) atoms. The number of aromatic nitrogens is 1. The van der Waals surface area contributed by atoms with Crippen LogP contribution in [0.15, 0.2) is 30.5 Å². The number of pyridine rings is 1. The van der Waals surface area contributed by atoms with Gasteiger partial charge in [0.05, 0.1) is 21.2 Å². The van der Waals surface area contributed by atoms with Gasteiger partial charge in [-0.05, 0) is 31.4 Å². The maximum Gasteiger partial charge on any atom is 0.417 e. The van der Waals surface area contributed by atoms with Crippen molar-refractivity contribution in [2.24, 2.45) is 0 Å². The van der Waals surface area contributed by atoms with E-state index in [1.807, 2.05) is 0 Å². The first-order valence-corrected chi connectivity index (χ1v) is 10.1. The van der Waals surface area contributed by atoms with Gasteiger partial charge in [0, 0.05) is 24.9 Å². The van der Waals surface area contributed by atoms with Crippen molar-refractivity contribution in [3.05, 3.63) is 56.7 Å². The Kier molecular flexibility index (Phi) is 7.06. The molecule has 0 aliphatic carbocycles. The number of benzene rings is 1. The second-order valence-electron chi connectivity index (χ2n) is 7.29. The van der Waals surface area contributed by atoms with Crippen molar-refractivity contribution in [2.75, 3.05) is 23.4 Å². The molecule has 1 atom stereocenters. The van der Waals surface area contributed by atoms with Crippen LogP contribution in [0.3, 0.4) is 0 Å². The van der Waals surface area contributed by atoms with E-state index in [1.165, 1.54) is 23.1 Å². The number of nitrogens with one attached hydrogen (secondary N) is 1. The number of nitro groups is 1. The maximum absolute atomic E-state index is 12.8.